The molecule has 2 aromatic rings. The topological polar surface area (TPSA) is 87.5 Å². The van der Waals surface area contributed by atoms with Gasteiger partial charge in [0.15, 0.2) is 17.1 Å². The summed E-state index contributed by atoms with van der Waals surface area (Å²) in [6.07, 6.45) is 1.46. The van der Waals surface area contributed by atoms with Crippen LogP contribution in [0.15, 0.2) is 36.5 Å². The molecule has 27 heavy (non-hydrogen) atoms. The number of hydrogen-bond acceptors (Lipinski definition) is 6. The average molecular weight is 387 g/mol. The number of hydrogen-bond donors (Lipinski definition) is 1. The number of pyridine rings is 1. The third-order valence-electron chi connectivity index (χ3n) is 4.13. The second kappa shape index (κ2) is 7.72. The molecule has 0 saturated heterocycles. The lowest BCUT2D eigenvalue weighted by molar-refractivity contribution is 0.0900. The van der Waals surface area contributed by atoms with Crippen LogP contribution in [0.1, 0.15) is 17.3 Å². The number of nitriles is 1. The molecule has 7 nitrogen and oxygen atoms in total. The van der Waals surface area contributed by atoms with E-state index in [0.717, 1.165) is 6.54 Å². The fourth-order valence-electron chi connectivity index (χ4n) is 2.56. The number of ether oxygens (including phenoxy) is 2. The van der Waals surface area contributed by atoms with E-state index < -0.39 is 11.4 Å². The molecule has 0 saturated carbocycles. The van der Waals surface area contributed by atoms with Gasteiger partial charge in [0.05, 0.1) is 23.2 Å². The van der Waals surface area contributed by atoms with Crippen LogP contribution < -0.4 is 19.7 Å². The fraction of sp³-hybridized carbons (Fsp3) is 0.316. The van der Waals surface area contributed by atoms with Crippen LogP contribution in [0.3, 0.4) is 0 Å². The number of rotatable bonds is 5. The van der Waals surface area contributed by atoms with Crippen molar-refractivity contribution in [2.45, 2.75) is 12.5 Å². The van der Waals surface area contributed by atoms with Gasteiger partial charge in [-0.1, -0.05) is 23.7 Å². The highest BCUT2D eigenvalue weighted by molar-refractivity contribution is 6.32. The lowest BCUT2D eigenvalue weighted by atomic mass is 10.1. The van der Waals surface area contributed by atoms with Gasteiger partial charge in [-0.3, -0.25) is 4.79 Å². The van der Waals surface area contributed by atoms with E-state index in [2.05, 4.69) is 16.4 Å². The second-order valence-electron chi connectivity index (χ2n) is 6.43. The fourth-order valence-corrected chi connectivity index (χ4v) is 2.75. The van der Waals surface area contributed by atoms with E-state index in [0.29, 0.717) is 34.5 Å². The predicted molar refractivity (Wildman–Crippen MR) is 101 cm³/mol. The van der Waals surface area contributed by atoms with E-state index in [1.807, 2.05) is 11.9 Å². The van der Waals surface area contributed by atoms with E-state index >= 15 is 0 Å². The molecule has 1 aromatic carbocycles. The SMILES string of the molecule is CN1CCOc2cc(C(=O)NC(C)(C#N)COc3ccccc3Cl)cnc21. The number of amides is 1. The quantitative estimate of drug-likeness (QED) is 0.850. The lowest BCUT2D eigenvalue weighted by Gasteiger charge is -2.27. The number of carbonyl (C=O) groups excluding carboxylic acids is 1. The van der Waals surface area contributed by atoms with Crippen LogP contribution in [-0.2, 0) is 0 Å². The molecule has 0 radical (unpaired) electrons. The molecule has 0 bridgehead atoms. The molecule has 1 aromatic heterocycles. The minimum atomic E-state index is -1.25. The molecule has 1 amide bonds. The van der Waals surface area contributed by atoms with E-state index in [9.17, 15) is 10.1 Å². The molecule has 2 heterocycles. The maximum absolute atomic E-state index is 12.6. The number of fused-ring (bicyclic) bond motifs is 1. The normalized spacial score (nSPS) is 15.0. The van der Waals surface area contributed by atoms with Crippen LogP contribution in [0.2, 0.25) is 5.02 Å². The molecular formula is C19H19ClN4O3. The van der Waals surface area contributed by atoms with Gasteiger partial charge in [-0.15, -0.1) is 0 Å². The zero-order valence-electron chi connectivity index (χ0n) is 15.0. The minimum absolute atomic E-state index is 0.0589. The summed E-state index contributed by atoms with van der Waals surface area (Å²) in [6.45, 7) is 2.78. The largest absolute Gasteiger partial charge is 0.488 e. The molecule has 1 aliphatic heterocycles. The van der Waals surface area contributed by atoms with Gasteiger partial charge >= 0.3 is 0 Å². The van der Waals surface area contributed by atoms with Gasteiger partial charge in [0.2, 0.25) is 0 Å². The van der Waals surface area contributed by atoms with Crippen molar-refractivity contribution in [3.05, 3.63) is 47.1 Å². The van der Waals surface area contributed by atoms with Gasteiger partial charge in [0.1, 0.15) is 19.0 Å². The van der Waals surface area contributed by atoms with Gasteiger partial charge < -0.3 is 19.7 Å². The first kappa shape index (κ1) is 18.8. The maximum Gasteiger partial charge on any atom is 0.254 e. The Morgan fingerprint density at radius 1 is 1.52 bits per heavy atom. The molecule has 0 aliphatic carbocycles. The predicted octanol–water partition coefficient (Wildman–Crippen LogP) is 2.65. The Bertz CT molecular complexity index is 899. The van der Waals surface area contributed by atoms with E-state index in [1.165, 1.54) is 6.20 Å². The number of aromatic nitrogens is 1. The van der Waals surface area contributed by atoms with Gasteiger partial charge in [0.25, 0.3) is 5.91 Å². The first-order valence-corrected chi connectivity index (χ1v) is 8.75. The molecule has 1 N–H and O–H groups in total. The Labute approximate surface area is 162 Å². The molecule has 3 rings (SSSR count). The first-order valence-electron chi connectivity index (χ1n) is 8.37. The van der Waals surface area contributed by atoms with Crippen molar-refractivity contribution in [2.24, 2.45) is 0 Å². The zero-order chi connectivity index (χ0) is 19.4. The molecule has 140 valence electrons. The standard InChI is InChI=1S/C19H19ClN4O3/c1-19(11-21,12-27-15-6-4-3-5-14(15)20)23-18(25)13-9-16-17(22-10-13)24(2)7-8-26-16/h3-6,9-10H,7-8,12H2,1-2H3,(H,23,25). The third kappa shape index (κ3) is 4.23. The van der Waals surface area contributed by atoms with Crippen LogP contribution in [0.25, 0.3) is 0 Å². The van der Waals surface area contributed by atoms with Crippen molar-refractivity contribution in [3.8, 4) is 17.6 Å². The number of nitrogens with zero attached hydrogens (tertiary/aromatic N) is 3. The Morgan fingerprint density at radius 3 is 3.04 bits per heavy atom. The number of likely N-dealkylation sites (N-methyl/N-ethyl adjacent to an activating group) is 1. The Hall–Kier alpha value is -2.98. The Morgan fingerprint density at radius 2 is 2.30 bits per heavy atom. The van der Waals surface area contributed by atoms with Crippen molar-refractivity contribution in [1.82, 2.24) is 10.3 Å². The molecule has 1 aliphatic rings. The van der Waals surface area contributed by atoms with Crippen molar-refractivity contribution >= 4 is 23.3 Å². The average Bonchev–Trinajstić information content (AvgIpc) is 2.67. The Kier molecular flexibility index (Phi) is 5.38. The number of carbonyl (C=O) groups is 1. The summed E-state index contributed by atoms with van der Waals surface area (Å²) >= 11 is 6.06. The zero-order valence-corrected chi connectivity index (χ0v) is 15.8. The van der Waals surface area contributed by atoms with E-state index in [1.54, 1.807) is 37.3 Å². The maximum atomic E-state index is 12.6. The van der Waals surface area contributed by atoms with E-state index in [4.69, 9.17) is 21.1 Å². The highest BCUT2D eigenvalue weighted by Crippen LogP contribution is 2.29. The summed E-state index contributed by atoms with van der Waals surface area (Å²) in [6, 6.07) is 10.6. The van der Waals surface area contributed by atoms with Gasteiger partial charge in [-0.05, 0) is 25.1 Å². The summed E-state index contributed by atoms with van der Waals surface area (Å²) in [7, 11) is 1.91. The number of halogens is 1. The molecular weight excluding hydrogens is 368 g/mol. The number of anilines is 1. The number of nitrogens with one attached hydrogen (secondary N) is 1. The van der Waals surface area contributed by atoms with Crippen LogP contribution in [-0.4, -0.2) is 43.2 Å². The molecule has 0 spiro atoms. The van der Waals surface area contributed by atoms with Crippen molar-refractivity contribution < 1.29 is 14.3 Å². The second-order valence-corrected chi connectivity index (χ2v) is 6.84. The summed E-state index contributed by atoms with van der Waals surface area (Å²) in [5, 5.41) is 12.7. The van der Waals surface area contributed by atoms with Gasteiger partial charge in [0, 0.05) is 13.2 Å². The molecule has 1 unspecified atom stereocenters. The molecule has 1 atom stereocenters. The van der Waals surface area contributed by atoms with Crippen LogP contribution >= 0.6 is 11.6 Å². The highest BCUT2D eigenvalue weighted by atomic mass is 35.5. The van der Waals surface area contributed by atoms with Crippen molar-refractivity contribution in [2.75, 3.05) is 31.7 Å². The molecule has 0 fully saturated rings. The summed E-state index contributed by atoms with van der Waals surface area (Å²) in [5.74, 6) is 1.24. The minimum Gasteiger partial charge on any atom is -0.488 e. The van der Waals surface area contributed by atoms with Gasteiger partial charge in [-0.2, -0.15) is 5.26 Å². The summed E-state index contributed by atoms with van der Waals surface area (Å²) < 4.78 is 11.2. The summed E-state index contributed by atoms with van der Waals surface area (Å²) in [5.41, 5.74) is -0.938. The van der Waals surface area contributed by atoms with Crippen LogP contribution in [0, 0.1) is 11.3 Å². The monoisotopic (exact) mass is 386 g/mol. The van der Waals surface area contributed by atoms with Crippen molar-refractivity contribution in [3.63, 3.8) is 0 Å². The molecule has 8 heteroatoms. The van der Waals surface area contributed by atoms with Gasteiger partial charge in [-0.25, -0.2) is 4.98 Å². The van der Waals surface area contributed by atoms with Crippen molar-refractivity contribution in [1.29, 1.82) is 5.26 Å². The third-order valence-corrected chi connectivity index (χ3v) is 4.44. The van der Waals surface area contributed by atoms with Crippen LogP contribution in [0.5, 0.6) is 11.5 Å². The van der Waals surface area contributed by atoms with Crippen LogP contribution in [0.4, 0.5) is 5.82 Å². The lowest BCUT2D eigenvalue weighted by Crippen LogP contribution is -2.49. The number of para-hydroxylation sites is 1. The smallest absolute Gasteiger partial charge is 0.254 e. The summed E-state index contributed by atoms with van der Waals surface area (Å²) in [4.78, 5) is 18.9. The van der Waals surface area contributed by atoms with E-state index in [-0.39, 0.29) is 6.61 Å². The highest BCUT2D eigenvalue weighted by Gasteiger charge is 2.29. The Balaban J connectivity index is 1.71. The number of benzene rings is 1. The first-order chi connectivity index (χ1) is 12.9.